The molecule has 2 aliphatic rings. The van der Waals surface area contributed by atoms with Crippen molar-refractivity contribution >= 4 is 47.7 Å². The number of aliphatic carboxylic acids is 1. The van der Waals surface area contributed by atoms with E-state index in [-0.39, 0.29) is 60.9 Å². The second-order valence-corrected chi connectivity index (χ2v) is 16.8. The number of amides is 4. The smallest absolute Gasteiger partial charge is 0.411 e. The molecule has 350 valence electrons. The third kappa shape index (κ3) is 11.3. The molecule has 0 radical (unpaired) electrons. The number of hydrogen-bond acceptors (Lipinski definition) is 9. The SMILES string of the molecule is Cc1cc(C(=O)NCC(=O)N2CCC(N(C)C)CC2)ccc1-c1ccc(C[C@H](NC(=O)C2(CN)CCCCC2)C(=O)Nc2ccc(-c3n[nH]c(C(F)(F)C(F)(F)C(=O)O)n3)cc2)cc1.Cl. The molecule has 1 atom stereocenters. The fourth-order valence-electron chi connectivity index (χ4n) is 8.21. The van der Waals surface area contributed by atoms with E-state index in [2.05, 4.69) is 30.9 Å². The van der Waals surface area contributed by atoms with Crippen molar-refractivity contribution in [3.8, 4) is 22.5 Å². The minimum absolute atomic E-state index is 0. The lowest BCUT2D eigenvalue weighted by Gasteiger charge is -2.36. The molecule has 20 heteroatoms. The average Bonchev–Trinajstić information content (AvgIpc) is 3.80. The van der Waals surface area contributed by atoms with Crippen LogP contribution in [0.4, 0.5) is 23.2 Å². The fraction of sp³-hybridized carbons (Fsp3) is 0.444. The molecule has 0 spiro atoms. The number of carbonyl (C=O) groups excluding carboxylic acids is 4. The van der Waals surface area contributed by atoms with E-state index in [0.717, 1.165) is 54.4 Å². The number of aryl methyl sites for hydroxylation is 1. The second kappa shape index (κ2) is 20.9. The Morgan fingerprint density at radius 3 is 2.15 bits per heavy atom. The maximum absolute atomic E-state index is 14.3. The number of alkyl halides is 4. The number of halogens is 5. The van der Waals surface area contributed by atoms with Crippen LogP contribution >= 0.6 is 12.4 Å². The van der Waals surface area contributed by atoms with Crippen molar-refractivity contribution in [1.82, 2.24) is 35.6 Å². The third-order valence-electron chi connectivity index (χ3n) is 12.3. The number of hydrogen-bond donors (Lipinski definition) is 6. The van der Waals surface area contributed by atoms with Crippen LogP contribution in [0.2, 0.25) is 0 Å². The first-order valence-electron chi connectivity index (χ1n) is 21.1. The summed E-state index contributed by atoms with van der Waals surface area (Å²) < 4.78 is 56.0. The molecule has 15 nitrogen and oxygen atoms in total. The first-order chi connectivity index (χ1) is 30.3. The van der Waals surface area contributed by atoms with Gasteiger partial charge in [0.05, 0.1) is 12.0 Å². The number of H-pyrrole nitrogens is 1. The highest BCUT2D eigenvalue weighted by atomic mass is 35.5. The van der Waals surface area contributed by atoms with Crippen LogP contribution in [0.5, 0.6) is 0 Å². The van der Waals surface area contributed by atoms with Crippen LogP contribution < -0.4 is 21.7 Å². The lowest BCUT2D eigenvalue weighted by molar-refractivity contribution is -0.231. The van der Waals surface area contributed by atoms with Crippen LogP contribution in [0.3, 0.4) is 0 Å². The summed E-state index contributed by atoms with van der Waals surface area (Å²) >= 11 is 0. The van der Waals surface area contributed by atoms with E-state index >= 15 is 0 Å². The first kappa shape index (κ1) is 50.1. The highest BCUT2D eigenvalue weighted by Crippen LogP contribution is 2.42. The van der Waals surface area contributed by atoms with Gasteiger partial charge in [-0.15, -0.1) is 12.4 Å². The Hall–Kier alpha value is -5.92. The van der Waals surface area contributed by atoms with Gasteiger partial charge >= 0.3 is 17.8 Å². The molecule has 4 amide bonds. The zero-order valence-corrected chi connectivity index (χ0v) is 37.1. The van der Waals surface area contributed by atoms with Gasteiger partial charge in [-0.1, -0.05) is 49.6 Å². The Bertz CT molecular complexity index is 2330. The van der Waals surface area contributed by atoms with Crippen molar-refractivity contribution in [2.45, 2.75) is 82.2 Å². The summed E-state index contributed by atoms with van der Waals surface area (Å²) in [6, 6.07) is 17.6. The molecule has 0 bridgehead atoms. The van der Waals surface area contributed by atoms with Gasteiger partial charge in [0.1, 0.15) is 6.04 Å². The minimum atomic E-state index is -5.45. The van der Waals surface area contributed by atoms with Gasteiger partial charge in [0.15, 0.2) is 5.82 Å². The van der Waals surface area contributed by atoms with Gasteiger partial charge in [-0.3, -0.25) is 24.3 Å². The number of piperidine rings is 1. The molecule has 3 aromatic carbocycles. The number of carboxylic acid groups (broad SMARTS) is 1. The van der Waals surface area contributed by atoms with Crippen molar-refractivity contribution in [1.29, 1.82) is 0 Å². The zero-order valence-electron chi connectivity index (χ0n) is 36.3. The predicted molar refractivity (Wildman–Crippen MR) is 237 cm³/mol. The largest absolute Gasteiger partial charge is 0.477 e. The summed E-state index contributed by atoms with van der Waals surface area (Å²) in [4.78, 5) is 71.7. The Morgan fingerprint density at radius 2 is 1.57 bits per heavy atom. The molecular formula is C45H54ClF4N9O6. The molecule has 2 fully saturated rings. The number of nitrogens with zero attached hydrogens (tertiary/aromatic N) is 4. The molecule has 1 aliphatic heterocycles. The zero-order chi connectivity index (χ0) is 46.4. The molecule has 1 saturated carbocycles. The van der Waals surface area contributed by atoms with E-state index in [4.69, 9.17) is 10.8 Å². The summed E-state index contributed by atoms with van der Waals surface area (Å²) in [6.45, 7) is 3.21. The number of aromatic nitrogens is 3. The summed E-state index contributed by atoms with van der Waals surface area (Å²) in [7, 11) is 4.06. The Labute approximate surface area is 379 Å². The average molecular weight is 928 g/mol. The molecule has 7 N–H and O–H groups in total. The lowest BCUT2D eigenvalue weighted by Crippen LogP contribution is -2.53. The van der Waals surface area contributed by atoms with Gasteiger partial charge in [0.2, 0.25) is 23.5 Å². The predicted octanol–water partition coefficient (Wildman–Crippen LogP) is 5.54. The number of likely N-dealkylation sites (tertiary alicyclic amines) is 1. The molecule has 6 rings (SSSR count). The van der Waals surface area contributed by atoms with Crippen molar-refractivity contribution in [2.75, 3.05) is 45.6 Å². The number of benzene rings is 3. The van der Waals surface area contributed by atoms with Crippen LogP contribution in [0.25, 0.3) is 22.5 Å². The number of rotatable bonds is 16. The van der Waals surface area contributed by atoms with Gasteiger partial charge < -0.3 is 36.6 Å². The van der Waals surface area contributed by atoms with Crippen LogP contribution in [0, 0.1) is 12.3 Å². The molecule has 65 heavy (non-hydrogen) atoms. The van der Waals surface area contributed by atoms with Crippen molar-refractivity contribution < 1.29 is 46.6 Å². The molecule has 2 heterocycles. The highest BCUT2D eigenvalue weighted by molar-refractivity contribution is 5.99. The number of carboxylic acids is 1. The van der Waals surface area contributed by atoms with Gasteiger partial charge in [0.25, 0.3) is 5.91 Å². The second-order valence-electron chi connectivity index (χ2n) is 16.8. The standard InChI is InChI=1S/C45H53F4N9O6.ClH/c1-27-23-31(38(60)51-25-36(59)58-21-17-33(18-22-58)57(2)3)13-16-34(27)29-9-7-28(8-10-29)24-35(53-41(62)43(26-50)19-5-4-6-20-43)39(61)52-32-14-11-30(12-15-32)37-54-40(56-55-37)44(46,47)45(48,49)42(63)64;/h7-16,23,33,35H,4-6,17-22,24-26,50H2,1-3H3,(H,51,60)(H,52,61)(H,53,62)(H,63,64)(H,54,55,56);1H/t35-;/m0./s1. The summed E-state index contributed by atoms with van der Waals surface area (Å²) in [6.07, 6.45) is 5.64. The first-order valence-corrected chi connectivity index (χ1v) is 21.1. The van der Waals surface area contributed by atoms with Gasteiger partial charge in [0, 0.05) is 48.9 Å². The van der Waals surface area contributed by atoms with Gasteiger partial charge in [-0.2, -0.15) is 22.7 Å². The monoisotopic (exact) mass is 927 g/mol. The van der Waals surface area contributed by atoms with Crippen LogP contribution in [0.1, 0.15) is 72.3 Å². The van der Waals surface area contributed by atoms with E-state index in [0.29, 0.717) is 37.5 Å². The highest BCUT2D eigenvalue weighted by Gasteiger charge is 2.65. The molecule has 1 saturated heterocycles. The molecule has 1 aromatic heterocycles. The maximum atomic E-state index is 14.3. The normalized spacial score (nSPS) is 16.0. The summed E-state index contributed by atoms with van der Waals surface area (Å²) in [5, 5.41) is 22.3. The Balaban J connectivity index is 0.00000793. The van der Waals surface area contributed by atoms with Crippen molar-refractivity contribution in [3.05, 3.63) is 89.2 Å². The topological polar surface area (TPSA) is 216 Å². The van der Waals surface area contributed by atoms with E-state index in [1.54, 1.807) is 22.1 Å². The maximum Gasteiger partial charge on any atom is 0.411 e. The van der Waals surface area contributed by atoms with Gasteiger partial charge in [-0.25, -0.2) is 9.78 Å². The van der Waals surface area contributed by atoms with Crippen LogP contribution in [0.15, 0.2) is 66.7 Å². The number of nitrogens with one attached hydrogen (secondary N) is 4. The van der Waals surface area contributed by atoms with E-state index < -0.39 is 46.8 Å². The lowest BCUT2D eigenvalue weighted by atomic mass is 9.73. The number of carbonyl (C=O) groups is 5. The van der Waals surface area contributed by atoms with E-state index in [9.17, 15) is 41.5 Å². The van der Waals surface area contributed by atoms with E-state index in [1.165, 1.54) is 24.3 Å². The third-order valence-corrected chi connectivity index (χ3v) is 12.3. The van der Waals surface area contributed by atoms with Crippen LogP contribution in [-0.4, -0.2) is 118 Å². The number of anilines is 1. The minimum Gasteiger partial charge on any atom is -0.477 e. The Morgan fingerprint density at radius 1 is 0.938 bits per heavy atom. The number of nitrogens with two attached hydrogens (primary N) is 1. The molecule has 4 aromatic rings. The quantitative estimate of drug-likeness (QED) is 0.0772. The van der Waals surface area contributed by atoms with E-state index in [1.807, 2.05) is 51.4 Å². The Kier molecular flexibility index (Phi) is 16.1. The summed E-state index contributed by atoms with van der Waals surface area (Å²) in [5.41, 5.74) is 9.33. The summed E-state index contributed by atoms with van der Waals surface area (Å²) in [5.74, 6) is -17.1. The molecule has 1 aliphatic carbocycles. The van der Waals surface area contributed by atoms with Crippen molar-refractivity contribution in [2.24, 2.45) is 11.1 Å². The van der Waals surface area contributed by atoms with Gasteiger partial charge in [-0.05, 0) is 105 Å². The fourth-order valence-corrected chi connectivity index (χ4v) is 8.21. The molecule has 0 unspecified atom stereocenters. The molecular weight excluding hydrogens is 874 g/mol. The van der Waals surface area contributed by atoms with Crippen molar-refractivity contribution in [3.63, 3.8) is 0 Å². The number of aromatic amines is 1. The van der Waals surface area contributed by atoms with Crippen LogP contribution in [-0.2, 0) is 31.5 Å².